The van der Waals surface area contributed by atoms with Crippen molar-refractivity contribution < 1.29 is 4.74 Å². The summed E-state index contributed by atoms with van der Waals surface area (Å²) in [6, 6.07) is 26.8. The number of nitriles is 1. The lowest BCUT2D eigenvalue weighted by Crippen LogP contribution is -2.06. The summed E-state index contributed by atoms with van der Waals surface area (Å²) >= 11 is 7.87. The van der Waals surface area contributed by atoms with E-state index >= 15 is 0 Å². The van der Waals surface area contributed by atoms with Gasteiger partial charge in [-0.15, -0.1) is 10.2 Å². The Labute approximate surface area is 183 Å². The topological polar surface area (TPSA) is 63.7 Å². The van der Waals surface area contributed by atoms with Gasteiger partial charge in [0.25, 0.3) is 0 Å². The molecule has 0 fully saturated rings. The minimum Gasteiger partial charge on any atom is -0.486 e. The summed E-state index contributed by atoms with van der Waals surface area (Å²) in [6.45, 7) is 0.250. The second kappa shape index (κ2) is 9.49. The number of nitrogens with zero attached hydrogens (tertiary/aromatic N) is 4. The summed E-state index contributed by atoms with van der Waals surface area (Å²) in [5, 5.41) is 19.2. The third-order valence-corrected chi connectivity index (χ3v) is 5.73. The molecular formula is C23H17ClN4OS. The number of ether oxygens (including phenoxy) is 1. The van der Waals surface area contributed by atoms with Gasteiger partial charge in [-0.1, -0.05) is 59.8 Å². The Hall–Kier alpha value is -3.27. The smallest absolute Gasteiger partial charge is 0.196 e. The molecule has 4 aromatic rings. The van der Waals surface area contributed by atoms with E-state index in [0.29, 0.717) is 22.9 Å². The average Bonchev–Trinajstić information content (AvgIpc) is 3.21. The van der Waals surface area contributed by atoms with Crippen LogP contribution in [0, 0.1) is 11.3 Å². The molecule has 30 heavy (non-hydrogen) atoms. The Morgan fingerprint density at radius 3 is 2.40 bits per heavy atom. The van der Waals surface area contributed by atoms with Gasteiger partial charge in [-0.3, -0.25) is 4.57 Å². The molecule has 0 saturated carbocycles. The second-order valence-electron chi connectivity index (χ2n) is 6.37. The van der Waals surface area contributed by atoms with Gasteiger partial charge in [0.1, 0.15) is 12.4 Å². The molecule has 0 bridgehead atoms. The Morgan fingerprint density at radius 2 is 1.67 bits per heavy atom. The second-order valence-corrected chi connectivity index (χ2v) is 7.72. The van der Waals surface area contributed by atoms with Gasteiger partial charge in [-0.05, 0) is 48.0 Å². The lowest BCUT2D eigenvalue weighted by molar-refractivity contribution is 0.293. The van der Waals surface area contributed by atoms with Crippen LogP contribution in [-0.4, -0.2) is 14.8 Å². The highest BCUT2D eigenvalue weighted by Gasteiger charge is 2.15. The van der Waals surface area contributed by atoms with Crippen LogP contribution in [-0.2, 0) is 12.4 Å². The predicted molar refractivity (Wildman–Crippen MR) is 118 cm³/mol. The molecule has 7 heteroatoms. The van der Waals surface area contributed by atoms with Crippen LogP contribution in [0.4, 0.5) is 0 Å². The third-order valence-electron chi connectivity index (χ3n) is 4.38. The first-order chi connectivity index (χ1) is 14.7. The monoisotopic (exact) mass is 432 g/mol. The molecule has 0 spiro atoms. The van der Waals surface area contributed by atoms with Gasteiger partial charge in [0.15, 0.2) is 11.0 Å². The van der Waals surface area contributed by atoms with Crippen molar-refractivity contribution in [3.05, 3.63) is 101 Å². The van der Waals surface area contributed by atoms with E-state index in [2.05, 4.69) is 16.3 Å². The summed E-state index contributed by atoms with van der Waals surface area (Å²) in [6.07, 6.45) is 0. The molecule has 5 nitrogen and oxygen atoms in total. The van der Waals surface area contributed by atoms with Crippen molar-refractivity contribution in [1.82, 2.24) is 14.8 Å². The molecule has 4 rings (SSSR count). The summed E-state index contributed by atoms with van der Waals surface area (Å²) in [7, 11) is 0. The highest BCUT2D eigenvalue weighted by atomic mass is 35.5. The van der Waals surface area contributed by atoms with E-state index in [-0.39, 0.29) is 6.61 Å². The maximum absolute atomic E-state index is 8.93. The number of benzene rings is 3. The van der Waals surface area contributed by atoms with Crippen LogP contribution in [0.2, 0.25) is 5.02 Å². The molecule has 0 radical (unpaired) electrons. The maximum Gasteiger partial charge on any atom is 0.196 e. The summed E-state index contributed by atoms with van der Waals surface area (Å²) in [5.41, 5.74) is 2.60. The molecule has 0 amide bonds. The van der Waals surface area contributed by atoms with Gasteiger partial charge in [-0.25, -0.2) is 0 Å². The normalized spacial score (nSPS) is 10.5. The number of hydrogen-bond donors (Lipinski definition) is 0. The molecule has 1 aromatic heterocycles. The summed E-state index contributed by atoms with van der Waals surface area (Å²) < 4.78 is 7.88. The summed E-state index contributed by atoms with van der Waals surface area (Å²) in [4.78, 5) is 0. The van der Waals surface area contributed by atoms with E-state index in [9.17, 15) is 0 Å². The minimum absolute atomic E-state index is 0.250. The lowest BCUT2D eigenvalue weighted by atomic mass is 10.2. The average molecular weight is 433 g/mol. The zero-order valence-corrected chi connectivity index (χ0v) is 17.5. The van der Waals surface area contributed by atoms with Crippen molar-refractivity contribution in [2.45, 2.75) is 17.5 Å². The van der Waals surface area contributed by atoms with Gasteiger partial charge in [-0.2, -0.15) is 5.26 Å². The van der Waals surface area contributed by atoms with Gasteiger partial charge in [0.05, 0.1) is 11.6 Å². The van der Waals surface area contributed by atoms with E-state index in [1.54, 1.807) is 36.0 Å². The first-order valence-corrected chi connectivity index (χ1v) is 10.6. The molecule has 1 heterocycles. The highest BCUT2D eigenvalue weighted by Crippen LogP contribution is 2.28. The van der Waals surface area contributed by atoms with Crippen LogP contribution in [0.5, 0.6) is 5.75 Å². The SMILES string of the molecule is N#Cc1ccc(OCc2nnc(SCc3ccccc3Cl)n2-c2ccccc2)cc1. The van der Waals surface area contributed by atoms with Crippen molar-refractivity contribution >= 4 is 23.4 Å². The zero-order valence-electron chi connectivity index (χ0n) is 15.9. The highest BCUT2D eigenvalue weighted by molar-refractivity contribution is 7.98. The Balaban J connectivity index is 1.57. The van der Waals surface area contributed by atoms with Gasteiger partial charge < -0.3 is 4.74 Å². The van der Waals surface area contributed by atoms with Crippen LogP contribution < -0.4 is 4.74 Å². The zero-order chi connectivity index (χ0) is 20.8. The molecule has 3 aromatic carbocycles. The molecule has 0 N–H and O–H groups in total. The molecular weight excluding hydrogens is 416 g/mol. The van der Waals surface area contributed by atoms with Crippen molar-refractivity contribution in [1.29, 1.82) is 5.26 Å². The molecule has 0 saturated heterocycles. The number of aromatic nitrogens is 3. The number of halogens is 1. The van der Waals surface area contributed by atoms with Crippen LogP contribution in [0.3, 0.4) is 0 Å². The van der Waals surface area contributed by atoms with E-state index in [1.807, 2.05) is 59.2 Å². The largest absolute Gasteiger partial charge is 0.486 e. The van der Waals surface area contributed by atoms with Crippen molar-refractivity contribution in [3.8, 4) is 17.5 Å². The first-order valence-electron chi connectivity index (χ1n) is 9.23. The van der Waals surface area contributed by atoms with E-state index in [0.717, 1.165) is 21.4 Å². The molecule has 0 atom stereocenters. The standard InChI is InChI=1S/C23H17ClN4OS/c24-21-9-5-4-6-18(21)16-30-23-27-26-22(28(23)19-7-2-1-3-8-19)15-29-20-12-10-17(14-25)11-13-20/h1-13H,15-16H2. The molecule has 148 valence electrons. The van der Waals surface area contributed by atoms with Gasteiger partial charge in [0.2, 0.25) is 0 Å². The molecule has 0 aliphatic heterocycles. The molecule has 0 aliphatic rings. The molecule has 0 aliphatic carbocycles. The Kier molecular flexibility index (Phi) is 6.33. The maximum atomic E-state index is 8.93. The fraction of sp³-hybridized carbons (Fsp3) is 0.0870. The van der Waals surface area contributed by atoms with E-state index in [4.69, 9.17) is 21.6 Å². The van der Waals surface area contributed by atoms with Crippen LogP contribution in [0.25, 0.3) is 5.69 Å². The fourth-order valence-corrected chi connectivity index (χ4v) is 4.11. The number of hydrogen-bond acceptors (Lipinski definition) is 5. The minimum atomic E-state index is 0.250. The quantitative estimate of drug-likeness (QED) is 0.352. The Morgan fingerprint density at radius 1 is 0.933 bits per heavy atom. The van der Waals surface area contributed by atoms with Gasteiger partial charge in [0, 0.05) is 16.5 Å². The summed E-state index contributed by atoms with van der Waals surface area (Å²) in [5.74, 6) is 2.04. The van der Waals surface area contributed by atoms with Crippen molar-refractivity contribution in [2.75, 3.05) is 0 Å². The van der Waals surface area contributed by atoms with Crippen LogP contribution >= 0.6 is 23.4 Å². The third kappa shape index (κ3) is 4.65. The molecule has 0 unspecified atom stereocenters. The Bertz CT molecular complexity index is 1170. The van der Waals surface area contributed by atoms with Crippen molar-refractivity contribution in [2.24, 2.45) is 0 Å². The number of rotatable bonds is 7. The van der Waals surface area contributed by atoms with Crippen LogP contribution in [0.15, 0.2) is 84.0 Å². The lowest BCUT2D eigenvalue weighted by Gasteiger charge is -2.11. The van der Waals surface area contributed by atoms with Crippen molar-refractivity contribution in [3.63, 3.8) is 0 Å². The van der Waals surface area contributed by atoms with E-state index < -0.39 is 0 Å². The fourth-order valence-electron chi connectivity index (χ4n) is 2.86. The van der Waals surface area contributed by atoms with Gasteiger partial charge >= 0.3 is 0 Å². The number of thioether (sulfide) groups is 1. The van der Waals surface area contributed by atoms with E-state index in [1.165, 1.54) is 0 Å². The predicted octanol–water partition coefficient (Wildman–Crippen LogP) is 5.66. The van der Waals surface area contributed by atoms with Crippen LogP contribution in [0.1, 0.15) is 17.0 Å². The number of para-hydroxylation sites is 1. The first kappa shape index (κ1) is 20.0.